The normalized spacial score (nSPS) is 21.7. The molecule has 6 rings (SSSR count). The van der Waals surface area contributed by atoms with E-state index in [9.17, 15) is 22.8 Å². The molecule has 206 valence electrons. The first-order chi connectivity index (χ1) is 19.2. The topological polar surface area (TPSA) is 80.6 Å². The summed E-state index contributed by atoms with van der Waals surface area (Å²) in [7, 11) is 0. The van der Waals surface area contributed by atoms with E-state index in [0.29, 0.717) is 29.5 Å². The molecule has 0 saturated heterocycles. The zero-order chi connectivity index (χ0) is 28.0. The molecule has 0 aliphatic heterocycles. The summed E-state index contributed by atoms with van der Waals surface area (Å²) in [6, 6.07) is 18.5. The second kappa shape index (κ2) is 10.0. The van der Waals surface area contributed by atoms with Crippen molar-refractivity contribution in [2.75, 3.05) is 0 Å². The van der Waals surface area contributed by atoms with Crippen LogP contribution in [0.1, 0.15) is 41.6 Å². The standard InChI is InChI=1S/C31H27F3N2O4/c32-25-9-8-24(28(37)35-22-15-31(16-22)13-21(14-31)29(38)39)27-23(25)10-11-36(27)17-20-7-6-19(12-26(20)40-30(33)34)18-4-2-1-3-5-18/h1-12,21-22,30H,13-17H2,(H,35,37)(H,38,39). The summed E-state index contributed by atoms with van der Waals surface area (Å²) in [5.41, 5.74) is 2.63. The monoisotopic (exact) mass is 548 g/mol. The molecule has 2 aliphatic rings. The minimum Gasteiger partial charge on any atom is -0.481 e. The Kier molecular flexibility index (Phi) is 6.52. The fourth-order valence-electron chi connectivity index (χ4n) is 6.33. The Balaban J connectivity index is 1.26. The highest BCUT2D eigenvalue weighted by molar-refractivity contribution is 6.06. The summed E-state index contributed by atoms with van der Waals surface area (Å²) < 4.78 is 47.9. The van der Waals surface area contributed by atoms with Gasteiger partial charge in [-0.15, -0.1) is 0 Å². The van der Waals surface area contributed by atoms with Crippen LogP contribution in [0.5, 0.6) is 5.75 Å². The molecule has 2 N–H and O–H groups in total. The maximum atomic E-state index is 14.8. The van der Waals surface area contributed by atoms with Crippen molar-refractivity contribution >= 4 is 22.8 Å². The van der Waals surface area contributed by atoms with Crippen LogP contribution in [0.25, 0.3) is 22.0 Å². The van der Waals surface area contributed by atoms with Gasteiger partial charge in [-0.05, 0) is 66.5 Å². The maximum Gasteiger partial charge on any atom is 0.387 e. The Bertz CT molecular complexity index is 1590. The number of carbonyl (C=O) groups excluding carboxylic acids is 1. The number of benzene rings is 3. The van der Waals surface area contributed by atoms with Crippen molar-refractivity contribution in [3.63, 3.8) is 0 Å². The molecular weight excluding hydrogens is 521 g/mol. The largest absolute Gasteiger partial charge is 0.481 e. The summed E-state index contributed by atoms with van der Waals surface area (Å²) in [6.07, 6.45) is 4.32. The lowest BCUT2D eigenvalue weighted by Gasteiger charge is -2.56. The minimum absolute atomic E-state index is 0.000497. The number of nitrogens with one attached hydrogen (secondary N) is 1. The molecule has 0 atom stereocenters. The van der Waals surface area contributed by atoms with Gasteiger partial charge in [0.15, 0.2) is 0 Å². The molecule has 6 nitrogen and oxygen atoms in total. The number of rotatable bonds is 8. The SMILES string of the molecule is O=C(NC1CC2(C1)CC(C(=O)O)C2)c1ccc(F)c2ccn(Cc3ccc(-c4ccccc4)cc3OC(F)F)c12. The van der Waals surface area contributed by atoms with Gasteiger partial charge in [0.05, 0.1) is 23.5 Å². The van der Waals surface area contributed by atoms with Crippen LogP contribution in [0.4, 0.5) is 13.2 Å². The first-order valence-corrected chi connectivity index (χ1v) is 13.2. The first-order valence-electron chi connectivity index (χ1n) is 13.2. The van der Waals surface area contributed by atoms with Crippen LogP contribution >= 0.6 is 0 Å². The van der Waals surface area contributed by atoms with Gasteiger partial charge in [-0.25, -0.2) is 4.39 Å². The van der Waals surface area contributed by atoms with Crippen molar-refractivity contribution in [3.8, 4) is 16.9 Å². The summed E-state index contributed by atoms with van der Waals surface area (Å²) in [6.45, 7) is -2.95. The van der Waals surface area contributed by atoms with Crippen LogP contribution in [0.15, 0.2) is 72.9 Å². The number of halogens is 3. The Labute approximate surface area is 228 Å². The third-order valence-electron chi connectivity index (χ3n) is 8.25. The van der Waals surface area contributed by atoms with E-state index in [1.165, 1.54) is 12.1 Å². The quantitative estimate of drug-likeness (QED) is 0.265. The Morgan fingerprint density at radius 3 is 2.45 bits per heavy atom. The number of hydrogen-bond acceptors (Lipinski definition) is 3. The molecule has 1 heterocycles. The number of hydrogen-bond donors (Lipinski definition) is 2. The van der Waals surface area contributed by atoms with Crippen LogP contribution in [-0.4, -0.2) is 34.2 Å². The van der Waals surface area contributed by atoms with Crippen molar-refractivity contribution in [2.45, 2.75) is 44.9 Å². The van der Waals surface area contributed by atoms with E-state index < -0.39 is 18.4 Å². The number of aromatic nitrogens is 1. The van der Waals surface area contributed by atoms with Gasteiger partial charge in [-0.1, -0.05) is 42.5 Å². The second-order valence-corrected chi connectivity index (χ2v) is 10.9. The van der Waals surface area contributed by atoms with Gasteiger partial charge in [0.1, 0.15) is 11.6 Å². The lowest BCUT2D eigenvalue weighted by atomic mass is 9.50. The van der Waals surface area contributed by atoms with Gasteiger partial charge in [0.2, 0.25) is 0 Å². The molecule has 9 heteroatoms. The van der Waals surface area contributed by atoms with Crippen molar-refractivity contribution in [2.24, 2.45) is 11.3 Å². The molecule has 1 spiro atoms. The van der Waals surface area contributed by atoms with E-state index in [0.717, 1.165) is 18.4 Å². The van der Waals surface area contributed by atoms with Gasteiger partial charge in [0, 0.05) is 23.2 Å². The summed E-state index contributed by atoms with van der Waals surface area (Å²) in [5, 5.41) is 12.4. The van der Waals surface area contributed by atoms with E-state index >= 15 is 0 Å². The third kappa shape index (κ3) is 4.80. The van der Waals surface area contributed by atoms with Crippen LogP contribution < -0.4 is 10.1 Å². The number of carbonyl (C=O) groups is 2. The number of ether oxygens (including phenoxy) is 1. The molecule has 0 unspecified atom stereocenters. The molecule has 4 aromatic rings. The first kappa shape index (κ1) is 26.0. The van der Waals surface area contributed by atoms with E-state index in [1.54, 1.807) is 29.0 Å². The van der Waals surface area contributed by atoms with E-state index in [-0.39, 0.29) is 46.5 Å². The lowest BCUT2D eigenvalue weighted by Crippen LogP contribution is -2.57. The fraction of sp³-hybridized carbons (Fsp3) is 0.290. The number of carboxylic acids is 1. The Hall–Kier alpha value is -4.27. The summed E-state index contributed by atoms with van der Waals surface area (Å²) >= 11 is 0. The third-order valence-corrected chi connectivity index (χ3v) is 8.25. The summed E-state index contributed by atoms with van der Waals surface area (Å²) in [4.78, 5) is 24.5. The predicted octanol–water partition coefficient (Wildman–Crippen LogP) is 6.47. The van der Waals surface area contributed by atoms with Crippen molar-refractivity contribution < 1.29 is 32.6 Å². The zero-order valence-electron chi connectivity index (χ0n) is 21.4. The smallest absolute Gasteiger partial charge is 0.387 e. The number of aliphatic carboxylic acids is 1. The molecule has 40 heavy (non-hydrogen) atoms. The van der Waals surface area contributed by atoms with E-state index in [1.807, 2.05) is 36.4 Å². The molecule has 0 radical (unpaired) electrons. The highest BCUT2D eigenvalue weighted by Gasteiger charge is 2.55. The van der Waals surface area contributed by atoms with E-state index in [4.69, 9.17) is 9.84 Å². The zero-order valence-corrected chi connectivity index (χ0v) is 21.4. The van der Waals surface area contributed by atoms with Crippen molar-refractivity contribution in [3.05, 3.63) is 89.9 Å². The average molecular weight is 549 g/mol. The number of fused-ring (bicyclic) bond motifs is 1. The Morgan fingerprint density at radius 1 is 1.00 bits per heavy atom. The molecule has 3 aromatic carbocycles. The molecule has 1 amide bonds. The van der Waals surface area contributed by atoms with Gasteiger partial charge < -0.3 is 19.7 Å². The highest BCUT2D eigenvalue weighted by Crippen LogP contribution is 2.58. The molecule has 2 fully saturated rings. The number of alkyl halides is 2. The van der Waals surface area contributed by atoms with Crippen LogP contribution in [0.3, 0.4) is 0 Å². The van der Waals surface area contributed by atoms with Crippen LogP contribution in [0, 0.1) is 17.2 Å². The number of amides is 1. The molecular formula is C31H27F3N2O4. The summed E-state index contributed by atoms with van der Waals surface area (Å²) in [5.74, 6) is -1.93. The number of nitrogens with zero attached hydrogens (tertiary/aromatic N) is 1. The van der Waals surface area contributed by atoms with Gasteiger partial charge >= 0.3 is 12.6 Å². The fourth-order valence-corrected chi connectivity index (χ4v) is 6.33. The molecule has 1 aromatic heterocycles. The van der Waals surface area contributed by atoms with Gasteiger partial charge in [-0.2, -0.15) is 8.78 Å². The average Bonchev–Trinajstić information content (AvgIpc) is 3.30. The number of carboxylic acid groups (broad SMARTS) is 1. The second-order valence-electron chi connectivity index (χ2n) is 10.9. The minimum atomic E-state index is -3.03. The molecule has 2 aliphatic carbocycles. The highest BCUT2D eigenvalue weighted by atomic mass is 19.3. The Morgan fingerprint density at radius 2 is 1.75 bits per heavy atom. The lowest BCUT2D eigenvalue weighted by molar-refractivity contribution is -0.155. The van der Waals surface area contributed by atoms with Gasteiger partial charge in [0.25, 0.3) is 5.91 Å². The van der Waals surface area contributed by atoms with Crippen LogP contribution in [0.2, 0.25) is 0 Å². The van der Waals surface area contributed by atoms with Gasteiger partial charge in [-0.3, -0.25) is 9.59 Å². The molecule has 2 saturated carbocycles. The van der Waals surface area contributed by atoms with Crippen molar-refractivity contribution in [1.29, 1.82) is 0 Å². The predicted molar refractivity (Wildman–Crippen MR) is 143 cm³/mol. The maximum absolute atomic E-state index is 14.8. The molecule has 0 bridgehead atoms. The van der Waals surface area contributed by atoms with Crippen molar-refractivity contribution in [1.82, 2.24) is 9.88 Å². The van der Waals surface area contributed by atoms with Crippen LogP contribution in [-0.2, 0) is 11.3 Å². The van der Waals surface area contributed by atoms with E-state index in [2.05, 4.69) is 5.32 Å².